The molecule has 0 rings (SSSR count). The van der Waals surface area contributed by atoms with Crippen molar-refractivity contribution >= 4 is 5.78 Å². The molecule has 50 valence electrons. The van der Waals surface area contributed by atoms with Crippen molar-refractivity contribution in [3.63, 3.8) is 0 Å². The van der Waals surface area contributed by atoms with E-state index >= 15 is 0 Å². The standard InChI is InChI=1S/C7H11NO/c1-7(9)5-3-2-4-6-8/h2-3,5,8H2,1H3. The monoisotopic (exact) mass is 125 g/mol. The van der Waals surface area contributed by atoms with E-state index in [1.807, 2.05) is 0 Å². The fourth-order valence-electron chi connectivity index (χ4n) is 0.498. The van der Waals surface area contributed by atoms with Crippen molar-refractivity contribution in [1.29, 1.82) is 0 Å². The zero-order valence-corrected chi connectivity index (χ0v) is 5.61. The average Bonchev–Trinajstić information content (AvgIpc) is 1.80. The molecule has 0 radical (unpaired) electrons. The minimum absolute atomic E-state index is 0.217. The van der Waals surface area contributed by atoms with Gasteiger partial charge in [-0.15, -0.1) is 0 Å². The van der Waals surface area contributed by atoms with E-state index in [0.29, 0.717) is 6.42 Å². The molecule has 0 aliphatic carbocycles. The molecule has 0 aliphatic rings. The minimum Gasteiger partial charge on any atom is -0.359 e. The zero-order chi connectivity index (χ0) is 7.11. The molecular formula is C7H11NO. The van der Waals surface area contributed by atoms with E-state index in [2.05, 4.69) is 12.0 Å². The summed E-state index contributed by atoms with van der Waals surface area (Å²) in [5, 5.41) is 0. The van der Waals surface area contributed by atoms with E-state index in [-0.39, 0.29) is 5.78 Å². The molecule has 0 fully saturated rings. The van der Waals surface area contributed by atoms with Crippen molar-refractivity contribution in [2.75, 3.05) is 0 Å². The molecule has 2 N–H and O–H groups in total. The lowest BCUT2D eigenvalue weighted by molar-refractivity contribution is -0.117. The van der Waals surface area contributed by atoms with Gasteiger partial charge in [-0.3, -0.25) is 0 Å². The van der Waals surface area contributed by atoms with E-state index in [1.165, 1.54) is 0 Å². The lowest BCUT2D eigenvalue weighted by atomic mass is 10.2. The predicted molar refractivity (Wildman–Crippen MR) is 36.5 cm³/mol. The number of carbonyl (C=O) groups is 1. The van der Waals surface area contributed by atoms with E-state index in [0.717, 1.165) is 12.8 Å². The maximum Gasteiger partial charge on any atom is 0.129 e. The highest BCUT2D eigenvalue weighted by atomic mass is 16.1. The van der Waals surface area contributed by atoms with Gasteiger partial charge >= 0.3 is 0 Å². The van der Waals surface area contributed by atoms with Crippen molar-refractivity contribution < 1.29 is 4.79 Å². The number of nitrogens with two attached hydrogens (primary N) is 1. The summed E-state index contributed by atoms with van der Waals surface area (Å²) in [4.78, 5) is 10.3. The van der Waals surface area contributed by atoms with Crippen LogP contribution in [0.3, 0.4) is 0 Å². The molecule has 0 aromatic carbocycles. The fraction of sp³-hybridized carbons (Fsp3) is 0.571. The van der Waals surface area contributed by atoms with Gasteiger partial charge in [0.1, 0.15) is 5.78 Å². The number of ketones is 1. The van der Waals surface area contributed by atoms with E-state index < -0.39 is 0 Å². The highest BCUT2D eigenvalue weighted by molar-refractivity contribution is 5.75. The topological polar surface area (TPSA) is 43.1 Å². The summed E-state index contributed by atoms with van der Waals surface area (Å²) in [5.74, 6) is 2.90. The number of Topliss-reactive ketones (excluding diaryl/α,β-unsaturated/α-hetero) is 1. The minimum atomic E-state index is 0.217. The Morgan fingerprint density at radius 2 is 2.33 bits per heavy atom. The maximum atomic E-state index is 10.3. The fourth-order valence-corrected chi connectivity index (χ4v) is 0.498. The highest BCUT2D eigenvalue weighted by Gasteiger charge is 1.89. The number of hydrogen-bond donors (Lipinski definition) is 1. The Hall–Kier alpha value is -0.970. The van der Waals surface area contributed by atoms with E-state index in [4.69, 9.17) is 5.73 Å². The first-order valence-electron chi connectivity index (χ1n) is 2.95. The quantitative estimate of drug-likeness (QED) is 0.342. The summed E-state index contributed by atoms with van der Waals surface area (Å²) in [5.41, 5.74) is 4.90. The maximum absolute atomic E-state index is 10.3. The molecule has 2 nitrogen and oxygen atoms in total. The third-order valence-electron chi connectivity index (χ3n) is 0.933. The Bertz CT molecular complexity index is 141. The Morgan fingerprint density at radius 1 is 1.67 bits per heavy atom. The van der Waals surface area contributed by atoms with Gasteiger partial charge in [0.15, 0.2) is 0 Å². The lowest BCUT2D eigenvalue weighted by Crippen LogP contribution is -1.88. The largest absolute Gasteiger partial charge is 0.359 e. The van der Waals surface area contributed by atoms with Crippen LogP contribution in [-0.2, 0) is 4.79 Å². The summed E-state index contributed by atoms with van der Waals surface area (Å²) in [7, 11) is 0. The smallest absolute Gasteiger partial charge is 0.129 e. The van der Waals surface area contributed by atoms with E-state index in [9.17, 15) is 4.79 Å². The van der Waals surface area contributed by atoms with Crippen molar-refractivity contribution in [1.82, 2.24) is 0 Å². The van der Waals surface area contributed by atoms with Gasteiger partial charge in [-0.2, -0.15) is 0 Å². The van der Waals surface area contributed by atoms with Crippen LogP contribution in [0, 0.1) is 12.0 Å². The molecule has 0 amide bonds. The first-order valence-corrected chi connectivity index (χ1v) is 2.95. The molecule has 0 atom stereocenters. The van der Waals surface area contributed by atoms with Gasteiger partial charge in [-0.1, -0.05) is 5.92 Å². The van der Waals surface area contributed by atoms with Crippen LogP contribution in [0.2, 0.25) is 0 Å². The predicted octanol–water partition coefficient (Wildman–Crippen LogP) is 0.665. The first kappa shape index (κ1) is 8.03. The molecule has 0 saturated heterocycles. The van der Waals surface area contributed by atoms with Gasteiger partial charge in [0.05, 0.1) is 0 Å². The van der Waals surface area contributed by atoms with Crippen molar-refractivity contribution in [3.05, 3.63) is 0 Å². The van der Waals surface area contributed by atoms with Gasteiger partial charge in [-0.25, -0.2) is 0 Å². The van der Waals surface area contributed by atoms with Crippen LogP contribution in [0.25, 0.3) is 0 Å². The van der Waals surface area contributed by atoms with Crippen LogP contribution in [0.4, 0.5) is 0 Å². The van der Waals surface area contributed by atoms with Gasteiger partial charge < -0.3 is 10.5 Å². The van der Waals surface area contributed by atoms with Gasteiger partial charge in [0.25, 0.3) is 0 Å². The second-order valence-corrected chi connectivity index (χ2v) is 1.88. The van der Waals surface area contributed by atoms with Gasteiger partial charge in [-0.05, 0) is 13.3 Å². The molecular weight excluding hydrogens is 114 g/mol. The van der Waals surface area contributed by atoms with Gasteiger partial charge in [0.2, 0.25) is 0 Å². The number of unbranched alkanes of at least 4 members (excludes halogenated alkanes) is 1. The number of carbonyl (C=O) groups excluding carboxylic acids is 1. The molecule has 0 spiro atoms. The molecule has 0 aliphatic heterocycles. The first-order chi connectivity index (χ1) is 4.27. The number of rotatable bonds is 3. The normalized spacial score (nSPS) is 7.67. The molecule has 0 heterocycles. The van der Waals surface area contributed by atoms with Crippen molar-refractivity contribution in [2.45, 2.75) is 26.2 Å². The van der Waals surface area contributed by atoms with Crippen LogP contribution in [-0.4, -0.2) is 5.78 Å². The molecule has 0 unspecified atom stereocenters. The second kappa shape index (κ2) is 5.17. The number of hydrogen-bond acceptors (Lipinski definition) is 2. The highest BCUT2D eigenvalue weighted by Crippen LogP contribution is 1.93. The third-order valence-corrected chi connectivity index (χ3v) is 0.933. The SMILES string of the molecule is CC(=O)CCCC#CN. The molecule has 0 aromatic heterocycles. The van der Waals surface area contributed by atoms with Crippen LogP contribution in [0.5, 0.6) is 0 Å². The lowest BCUT2D eigenvalue weighted by Gasteiger charge is -1.86. The zero-order valence-electron chi connectivity index (χ0n) is 5.61. The third kappa shape index (κ3) is 7.03. The molecule has 2 heteroatoms. The average molecular weight is 125 g/mol. The Morgan fingerprint density at radius 3 is 2.78 bits per heavy atom. The van der Waals surface area contributed by atoms with Crippen LogP contribution < -0.4 is 5.73 Å². The Kier molecular flexibility index (Phi) is 4.61. The molecule has 0 saturated carbocycles. The summed E-state index contributed by atoms with van der Waals surface area (Å²) in [6.45, 7) is 1.58. The van der Waals surface area contributed by atoms with Gasteiger partial charge in [0, 0.05) is 18.9 Å². The van der Waals surface area contributed by atoms with E-state index in [1.54, 1.807) is 6.92 Å². The Labute approximate surface area is 55.4 Å². The van der Waals surface area contributed by atoms with Crippen LogP contribution in [0.15, 0.2) is 0 Å². The molecule has 0 aromatic rings. The summed E-state index contributed by atoms with van der Waals surface area (Å²) in [6.07, 6.45) is 2.18. The summed E-state index contributed by atoms with van der Waals surface area (Å²) >= 11 is 0. The summed E-state index contributed by atoms with van der Waals surface area (Å²) in [6, 6.07) is 2.28. The molecule has 9 heavy (non-hydrogen) atoms. The van der Waals surface area contributed by atoms with Crippen molar-refractivity contribution in [2.24, 2.45) is 5.73 Å². The Balaban J connectivity index is 3.07. The second-order valence-electron chi connectivity index (χ2n) is 1.88. The van der Waals surface area contributed by atoms with Crippen LogP contribution >= 0.6 is 0 Å². The molecule has 0 bridgehead atoms. The van der Waals surface area contributed by atoms with Crippen molar-refractivity contribution in [3.8, 4) is 12.0 Å². The summed E-state index contributed by atoms with van der Waals surface area (Å²) < 4.78 is 0. The van der Waals surface area contributed by atoms with Crippen LogP contribution in [0.1, 0.15) is 26.2 Å².